The lowest BCUT2D eigenvalue weighted by molar-refractivity contribution is -0.136. The van der Waals surface area contributed by atoms with Gasteiger partial charge in [0.15, 0.2) is 0 Å². The molecule has 126 valence electrons. The minimum absolute atomic E-state index is 0.279. The van der Waals surface area contributed by atoms with Crippen molar-refractivity contribution in [3.63, 3.8) is 0 Å². The van der Waals surface area contributed by atoms with Gasteiger partial charge in [0.2, 0.25) is 5.91 Å². The lowest BCUT2D eigenvalue weighted by atomic mass is 10.1. The van der Waals surface area contributed by atoms with Gasteiger partial charge in [-0.1, -0.05) is 13.3 Å². The average molecular weight is 309 g/mol. The SMILES string of the molecule is C[C@@H]1CC[C@@H](CN2CCN(CC(=O)N3CCOCC3)CC2)C1. The maximum absolute atomic E-state index is 12.3. The van der Waals surface area contributed by atoms with E-state index in [1.807, 2.05) is 4.90 Å². The van der Waals surface area contributed by atoms with Crippen molar-refractivity contribution in [3.8, 4) is 0 Å². The molecular weight excluding hydrogens is 278 g/mol. The standard InChI is InChI=1S/C17H31N3O2/c1-15-2-3-16(12-15)13-18-4-6-19(7-5-18)14-17(21)20-8-10-22-11-9-20/h15-16H,2-14H2,1H3/t15-,16-/m1/s1. The van der Waals surface area contributed by atoms with Crippen molar-refractivity contribution in [1.29, 1.82) is 0 Å². The highest BCUT2D eigenvalue weighted by Crippen LogP contribution is 2.30. The van der Waals surface area contributed by atoms with E-state index in [4.69, 9.17) is 4.74 Å². The summed E-state index contributed by atoms with van der Waals surface area (Å²) >= 11 is 0. The molecular formula is C17H31N3O2. The number of ether oxygens (including phenoxy) is 1. The predicted molar refractivity (Wildman–Crippen MR) is 86.8 cm³/mol. The van der Waals surface area contributed by atoms with E-state index >= 15 is 0 Å². The van der Waals surface area contributed by atoms with Gasteiger partial charge in [0, 0.05) is 45.8 Å². The fourth-order valence-corrected chi connectivity index (χ4v) is 4.09. The van der Waals surface area contributed by atoms with Crippen LogP contribution in [0.3, 0.4) is 0 Å². The third kappa shape index (κ3) is 4.43. The van der Waals surface area contributed by atoms with Crippen molar-refractivity contribution >= 4 is 5.91 Å². The third-order valence-electron chi connectivity index (χ3n) is 5.51. The van der Waals surface area contributed by atoms with Crippen LogP contribution in [0.5, 0.6) is 0 Å². The summed E-state index contributed by atoms with van der Waals surface area (Å²) < 4.78 is 5.31. The molecule has 22 heavy (non-hydrogen) atoms. The van der Waals surface area contributed by atoms with Crippen LogP contribution in [0.2, 0.25) is 0 Å². The Balaban J connectivity index is 1.35. The van der Waals surface area contributed by atoms with Crippen LogP contribution in [0.25, 0.3) is 0 Å². The van der Waals surface area contributed by atoms with Crippen LogP contribution in [0.15, 0.2) is 0 Å². The minimum Gasteiger partial charge on any atom is -0.378 e. The Kier molecular flexibility index (Phi) is 5.71. The lowest BCUT2D eigenvalue weighted by Crippen LogP contribution is -2.52. The van der Waals surface area contributed by atoms with Crippen LogP contribution >= 0.6 is 0 Å². The first-order valence-corrected chi connectivity index (χ1v) is 9.01. The zero-order valence-electron chi connectivity index (χ0n) is 14.0. The van der Waals surface area contributed by atoms with E-state index in [0.29, 0.717) is 19.8 Å². The zero-order chi connectivity index (χ0) is 15.4. The highest BCUT2D eigenvalue weighted by Gasteiger charge is 2.26. The molecule has 5 nitrogen and oxygen atoms in total. The zero-order valence-corrected chi connectivity index (χ0v) is 14.0. The highest BCUT2D eigenvalue weighted by atomic mass is 16.5. The molecule has 3 fully saturated rings. The topological polar surface area (TPSA) is 36.0 Å². The molecule has 0 aromatic carbocycles. The van der Waals surface area contributed by atoms with E-state index in [1.54, 1.807) is 0 Å². The number of hydrogen-bond acceptors (Lipinski definition) is 4. The fourth-order valence-electron chi connectivity index (χ4n) is 4.09. The van der Waals surface area contributed by atoms with Gasteiger partial charge in [0.05, 0.1) is 19.8 Å². The van der Waals surface area contributed by atoms with Gasteiger partial charge in [-0.15, -0.1) is 0 Å². The highest BCUT2D eigenvalue weighted by molar-refractivity contribution is 5.78. The van der Waals surface area contributed by atoms with E-state index in [-0.39, 0.29) is 5.91 Å². The van der Waals surface area contributed by atoms with Gasteiger partial charge >= 0.3 is 0 Å². The van der Waals surface area contributed by atoms with E-state index in [2.05, 4.69) is 16.7 Å². The number of nitrogens with zero attached hydrogens (tertiary/aromatic N) is 3. The molecule has 0 aromatic rings. The summed E-state index contributed by atoms with van der Waals surface area (Å²) in [7, 11) is 0. The van der Waals surface area contributed by atoms with Crippen molar-refractivity contribution in [2.45, 2.75) is 26.2 Å². The number of carbonyl (C=O) groups is 1. The molecule has 5 heteroatoms. The van der Waals surface area contributed by atoms with E-state index in [1.165, 1.54) is 25.8 Å². The lowest BCUT2D eigenvalue weighted by Gasteiger charge is -2.37. The van der Waals surface area contributed by atoms with Crippen LogP contribution in [0, 0.1) is 11.8 Å². The van der Waals surface area contributed by atoms with Crippen molar-refractivity contribution in [2.75, 3.05) is 65.6 Å². The first kappa shape index (κ1) is 16.2. The largest absolute Gasteiger partial charge is 0.378 e. The maximum atomic E-state index is 12.3. The Morgan fingerprint density at radius 1 is 1.00 bits per heavy atom. The second-order valence-corrected chi connectivity index (χ2v) is 7.35. The van der Waals surface area contributed by atoms with Crippen molar-refractivity contribution in [2.24, 2.45) is 11.8 Å². The van der Waals surface area contributed by atoms with Gasteiger partial charge in [-0.3, -0.25) is 9.69 Å². The van der Waals surface area contributed by atoms with E-state index in [9.17, 15) is 4.79 Å². The van der Waals surface area contributed by atoms with Gasteiger partial charge in [-0.05, 0) is 24.7 Å². The Hall–Kier alpha value is -0.650. The van der Waals surface area contributed by atoms with Gasteiger partial charge in [-0.25, -0.2) is 0 Å². The summed E-state index contributed by atoms with van der Waals surface area (Å²) in [6.07, 6.45) is 4.24. The Morgan fingerprint density at radius 2 is 1.68 bits per heavy atom. The number of rotatable bonds is 4. The molecule has 0 spiro atoms. The Morgan fingerprint density at radius 3 is 2.32 bits per heavy atom. The molecule has 1 aliphatic carbocycles. The summed E-state index contributed by atoms with van der Waals surface area (Å²) in [5, 5.41) is 0. The van der Waals surface area contributed by atoms with Gasteiger partial charge in [-0.2, -0.15) is 0 Å². The number of piperazine rings is 1. The molecule has 1 amide bonds. The molecule has 2 saturated heterocycles. The second-order valence-electron chi connectivity index (χ2n) is 7.35. The van der Waals surface area contributed by atoms with Crippen LogP contribution in [0.4, 0.5) is 0 Å². The molecule has 1 saturated carbocycles. The quantitative estimate of drug-likeness (QED) is 0.773. The molecule has 0 unspecified atom stereocenters. The van der Waals surface area contributed by atoms with E-state index in [0.717, 1.165) is 51.1 Å². The summed E-state index contributed by atoms with van der Waals surface area (Å²) in [5.74, 6) is 2.12. The molecule has 0 radical (unpaired) electrons. The molecule has 2 heterocycles. The van der Waals surface area contributed by atoms with Crippen LogP contribution in [-0.2, 0) is 9.53 Å². The third-order valence-corrected chi connectivity index (χ3v) is 5.51. The van der Waals surface area contributed by atoms with Crippen molar-refractivity contribution in [1.82, 2.24) is 14.7 Å². The minimum atomic E-state index is 0.279. The Bertz CT molecular complexity index is 363. The predicted octanol–water partition coefficient (Wildman–Crippen LogP) is 0.899. The van der Waals surface area contributed by atoms with Crippen LogP contribution in [-0.4, -0.2) is 86.2 Å². The summed E-state index contributed by atoms with van der Waals surface area (Å²) in [6, 6.07) is 0. The summed E-state index contributed by atoms with van der Waals surface area (Å²) in [4.78, 5) is 19.2. The smallest absolute Gasteiger partial charge is 0.236 e. The first-order chi connectivity index (χ1) is 10.7. The molecule has 2 aliphatic heterocycles. The molecule has 0 bridgehead atoms. The van der Waals surface area contributed by atoms with Gasteiger partial charge in [0.1, 0.15) is 0 Å². The number of hydrogen-bond donors (Lipinski definition) is 0. The van der Waals surface area contributed by atoms with Gasteiger partial charge in [0.25, 0.3) is 0 Å². The molecule has 0 N–H and O–H groups in total. The maximum Gasteiger partial charge on any atom is 0.236 e. The van der Waals surface area contributed by atoms with Crippen molar-refractivity contribution < 1.29 is 9.53 Å². The fraction of sp³-hybridized carbons (Fsp3) is 0.941. The van der Waals surface area contributed by atoms with Crippen molar-refractivity contribution in [3.05, 3.63) is 0 Å². The molecule has 0 aromatic heterocycles. The Labute approximate surface area is 134 Å². The second kappa shape index (κ2) is 7.75. The molecule has 3 aliphatic rings. The first-order valence-electron chi connectivity index (χ1n) is 9.01. The summed E-state index contributed by atoms with van der Waals surface area (Å²) in [5.41, 5.74) is 0. The van der Waals surface area contributed by atoms with E-state index < -0.39 is 0 Å². The van der Waals surface area contributed by atoms with Crippen LogP contribution in [0.1, 0.15) is 26.2 Å². The monoisotopic (exact) mass is 309 g/mol. The molecule has 2 atom stereocenters. The van der Waals surface area contributed by atoms with Crippen LogP contribution < -0.4 is 0 Å². The number of amides is 1. The average Bonchev–Trinajstić information content (AvgIpc) is 2.95. The normalized spacial score (nSPS) is 31.6. The van der Waals surface area contributed by atoms with Gasteiger partial charge < -0.3 is 14.5 Å². The summed E-state index contributed by atoms with van der Waals surface area (Å²) in [6.45, 7) is 11.5. The number of carbonyl (C=O) groups excluding carboxylic acids is 1. The molecule has 3 rings (SSSR count). The number of morpholine rings is 1.